The normalized spacial score (nSPS) is 19.3. The van der Waals surface area contributed by atoms with Crippen molar-refractivity contribution < 1.29 is 9.90 Å². The van der Waals surface area contributed by atoms with Crippen molar-refractivity contribution in [3.05, 3.63) is 27.2 Å². The van der Waals surface area contributed by atoms with Gasteiger partial charge in [-0.25, -0.2) is 9.78 Å². The zero-order chi connectivity index (χ0) is 13.6. The molecule has 0 bridgehead atoms. The van der Waals surface area contributed by atoms with Gasteiger partial charge in [-0.15, -0.1) is 0 Å². The van der Waals surface area contributed by atoms with Crippen LogP contribution in [0.1, 0.15) is 12.5 Å². The first kappa shape index (κ1) is 13.0. The lowest BCUT2D eigenvalue weighted by Crippen LogP contribution is -2.27. The summed E-state index contributed by atoms with van der Waals surface area (Å²) in [7, 11) is 0. The van der Waals surface area contributed by atoms with E-state index in [0.29, 0.717) is 18.2 Å². The number of fused-ring (bicyclic) bond motifs is 1. The van der Waals surface area contributed by atoms with Gasteiger partial charge in [-0.3, -0.25) is 0 Å². The fourth-order valence-electron chi connectivity index (χ4n) is 2.56. The van der Waals surface area contributed by atoms with E-state index in [-0.39, 0.29) is 6.04 Å². The predicted molar refractivity (Wildman–Crippen MR) is 80.7 cm³/mol. The maximum absolute atomic E-state index is 11.0. The Labute approximate surface area is 128 Å². The van der Waals surface area contributed by atoms with Crippen LogP contribution < -0.4 is 0 Å². The Morgan fingerprint density at radius 1 is 1.58 bits per heavy atom. The van der Waals surface area contributed by atoms with E-state index in [9.17, 15) is 4.79 Å². The Morgan fingerprint density at radius 2 is 2.37 bits per heavy atom. The first-order chi connectivity index (χ1) is 9.08. The maximum atomic E-state index is 11.0. The van der Waals surface area contributed by atoms with Gasteiger partial charge in [-0.2, -0.15) is 0 Å². The van der Waals surface area contributed by atoms with Crippen LogP contribution in [0.15, 0.2) is 18.5 Å². The summed E-state index contributed by atoms with van der Waals surface area (Å²) in [6.45, 7) is 1.10. The molecule has 1 saturated heterocycles. The summed E-state index contributed by atoms with van der Waals surface area (Å²) in [6.07, 6.45) is 3.68. The Balaban J connectivity index is 2.03. The summed E-state index contributed by atoms with van der Waals surface area (Å²) < 4.78 is 3.16. The van der Waals surface area contributed by atoms with E-state index in [4.69, 9.17) is 16.7 Å². The second-order valence-corrected chi connectivity index (χ2v) is 6.07. The largest absolute Gasteiger partial charge is 0.465 e. The van der Waals surface area contributed by atoms with Crippen LogP contribution in [0.2, 0.25) is 5.15 Å². The van der Waals surface area contributed by atoms with Gasteiger partial charge in [0.2, 0.25) is 0 Å². The highest BCUT2D eigenvalue weighted by atomic mass is 127. The van der Waals surface area contributed by atoms with Gasteiger partial charge in [0.25, 0.3) is 0 Å². The monoisotopic (exact) mass is 391 g/mol. The van der Waals surface area contributed by atoms with Gasteiger partial charge in [-0.1, -0.05) is 11.6 Å². The number of likely N-dealkylation sites (tertiary alicyclic amines) is 1. The molecule has 1 fully saturated rings. The second kappa shape index (κ2) is 4.82. The van der Waals surface area contributed by atoms with Crippen molar-refractivity contribution in [1.29, 1.82) is 0 Å². The Morgan fingerprint density at radius 3 is 3.05 bits per heavy atom. The molecule has 2 aromatic heterocycles. The molecule has 2 aromatic rings. The van der Waals surface area contributed by atoms with Crippen LogP contribution in [0.25, 0.3) is 10.9 Å². The van der Waals surface area contributed by atoms with Gasteiger partial charge in [0, 0.05) is 29.1 Å². The molecule has 0 aromatic carbocycles. The topological polar surface area (TPSA) is 58.4 Å². The molecule has 1 atom stereocenters. The third-order valence-electron chi connectivity index (χ3n) is 3.48. The molecular weight excluding hydrogens is 381 g/mol. The van der Waals surface area contributed by atoms with Crippen LogP contribution in [0.4, 0.5) is 4.79 Å². The van der Waals surface area contributed by atoms with E-state index >= 15 is 0 Å². The van der Waals surface area contributed by atoms with Gasteiger partial charge >= 0.3 is 6.09 Å². The van der Waals surface area contributed by atoms with Crippen LogP contribution in [0.5, 0.6) is 0 Å². The van der Waals surface area contributed by atoms with Crippen molar-refractivity contribution in [2.45, 2.75) is 12.5 Å². The van der Waals surface area contributed by atoms with E-state index in [1.807, 2.05) is 12.3 Å². The number of carbonyl (C=O) groups is 1. The molecule has 0 spiro atoms. The number of hydrogen-bond acceptors (Lipinski definition) is 2. The fraction of sp³-hybridized carbons (Fsp3) is 0.333. The molecule has 1 amide bonds. The molecule has 1 N–H and O–H groups in total. The molecule has 1 unspecified atom stereocenters. The zero-order valence-electron chi connectivity index (χ0n) is 9.88. The molecule has 0 radical (unpaired) electrons. The van der Waals surface area contributed by atoms with Gasteiger partial charge in [0.1, 0.15) is 5.15 Å². The number of halogens is 2. The van der Waals surface area contributed by atoms with Gasteiger partial charge in [0.15, 0.2) is 0 Å². The third-order valence-corrected chi connectivity index (χ3v) is 4.58. The summed E-state index contributed by atoms with van der Waals surface area (Å²) in [6, 6.07) is 2.09. The number of rotatable bonds is 1. The quantitative estimate of drug-likeness (QED) is 0.600. The van der Waals surface area contributed by atoms with Gasteiger partial charge in [-0.05, 0) is 35.1 Å². The number of carboxylic acid groups (broad SMARTS) is 1. The molecule has 0 saturated carbocycles. The number of hydrogen-bond donors (Lipinski definition) is 1. The molecule has 3 heterocycles. The highest BCUT2D eigenvalue weighted by Crippen LogP contribution is 2.33. The Hall–Kier alpha value is -1.02. The molecule has 7 heteroatoms. The lowest BCUT2D eigenvalue weighted by Gasteiger charge is -2.15. The van der Waals surface area contributed by atoms with Gasteiger partial charge in [0.05, 0.1) is 16.9 Å². The van der Waals surface area contributed by atoms with E-state index in [1.54, 1.807) is 6.20 Å². The first-order valence-corrected chi connectivity index (χ1v) is 7.32. The van der Waals surface area contributed by atoms with Crippen molar-refractivity contribution in [1.82, 2.24) is 14.5 Å². The van der Waals surface area contributed by atoms with Gasteiger partial charge < -0.3 is 14.6 Å². The smallest absolute Gasteiger partial charge is 0.407 e. The van der Waals surface area contributed by atoms with Crippen LogP contribution in [0.3, 0.4) is 0 Å². The van der Waals surface area contributed by atoms with E-state index < -0.39 is 6.09 Å². The number of nitrogens with zero attached hydrogens (tertiary/aromatic N) is 3. The highest BCUT2D eigenvalue weighted by molar-refractivity contribution is 14.1. The lowest BCUT2D eigenvalue weighted by atomic mass is 10.2. The SMILES string of the molecule is O=C(O)N1CCC(n2cc(I)c3c(Cl)nccc32)C1. The van der Waals surface area contributed by atoms with Crippen molar-refractivity contribution in [3.63, 3.8) is 0 Å². The minimum absolute atomic E-state index is 0.167. The van der Waals surface area contributed by atoms with Crippen molar-refractivity contribution in [2.24, 2.45) is 0 Å². The zero-order valence-corrected chi connectivity index (χ0v) is 12.8. The van der Waals surface area contributed by atoms with E-state index in [1.165, 1.54) is 4.90 Å². The second-order valence-electron chi connectivity index (χ2n) is 4.55. The molecule has 1 aliphatic rings. The lowest BCUT2D eigenvalue weighted by molar-refractivity contribution is 0.154. The minimum atomic E-state index is -0.853. The molecule has 0 aliphatic carbocycles. The average molecular weight is 392 g/mol. The van der Waals surface area contributed by atoms with Crippen LogP contribution >= 0.6 is 34.2 Å². The van der Waals surface area contributed by atoms with E-state index in [0.717, 1.165) is 20.9 Å². The number of amides is 1. The number of pyridine rings is 1. The summed E-state index contributed by atoms with van der Waals surface area (Å²) in [5.41, 5.74) is 1.02. The van der Waals surface area contributed by atoms with Crippen molar-refractivity contribution >= 4 is 51.2 Å². The summed E-state index contributed by atoms with van der Waals surface area (Å²) in [5, 5.41) is 10.5. The average Bonchev–Trinajstić information content (AvgIpc) is 2.95. The minimum Gasteiger partial charge on any atom is -0.465 e. The molecular formula is C12H11ClIN3O2. The summed E-state index contributed by atoms with van der Waals surface area (Å²) >= 11 is 8.36. The molecule has 5 nitrogen and oxygen atoms in total. The van der Waals surface area contributed by atoms with E-state index in [2.05, 4.69) is 32.1 Å². The summed E-state index contributed by atoms with van der Waals surface area (Å²) in [5.74, 6) is 0. The number of aromatic nitrogens is 2. The van der Waals surface area contributed by atoms with Crippen LogP contribution in [0, 0.1) is 3.57 Å². The van der Waals surface area contributed by atoms with Crippen molar-refractivity contribution in [3.8, 4) is 0 Å². The molecule has 3 rings (SSSR count). The van der Waals surface area contributed by atoms with Crippen LogP contribution in [-0.4, -0.2) is 38.7 Å². The molecule has 1 aliphatic heterocycles. The first-order valence-electron chi connectivity index (χ1n) is 5.86. The third kappa shape index (κ3) is 2.16. The standard InChI is InChI=1S/C12H11ClIN3O2/c13-11-10-8(14)6-17(9(10)1-3-15-11)7-2-4-16(5-7)12(18)19/h1,3,6-7H,2,4-5H2,(H,18,19). The Bertz CT molecular complexity index is 658. The van der Waals surface area contributed by atoms with Crippen LogP contribution in [-0.2, 0) is 0 Å². The maximum Gasteiger partial charge on any atom is 0.407 e. The predicted octanol–water partition coefficient (Wildman–Crippen LogP) is 3.22. The fourth-order valence-corrected chi connectivity index (χ4v) is 3.81. The molecule has 19 heavy (non-hydrogen) atoms. The highest BCUT2D eigenvalue weighted by Gasteiger charge is 2.28. The molecule has 100 valence electrons. The van der Waals surface area contributed by atoms with Crippen molar-refractivity contribution in [2.75, 3.05) is 13.1 Å². The Kier molecular flexibility index (Phi) is 3.30. The summed E-state index contributed by atoms with van der Waals surface area (Å²) in [4.78, 5) is 16.5.